The van der Waals surface area contributed by atoms with E-state index in [1.54, 1.807) is 6.92 Å². The van der Waals surface area contributed by atoms with Crippen molar-refractivity contribution in [2.75, 3.05) is 13.2 Å². The Balaban J connectivity index is 2.14. The maximum atomic E-state index is 13.1. The van der Waals surface area contributed by atoms with E-state index in [4.69, 9.17) is 4.74 Å². The van der Waals surface area contributed by atoms with Crippen LogP contribution < -0.4 is 0 Å². The summed E-state index contributed by atoms with van der Waals surface area (Å²) in [4.78, 5) is 26.7. The van der Waals surface area contributed by atoms with Crippen LogP contribution in [0.4, 0.5) is 0 Å². The lowest BCUT2D eigenvalue weighted by atomic mass is 10.0. The number of rotatable bonds is 6. The first kappa shape index (κ1) is 18.5. The summed E-state index contributed by atoms with van der Waals surface area (Å²) in [6, 6.07) is 7.93. The van der Waals surface area contributed by atoms with Crippen LogP contribution in [-0.4, -0.2) is 36.0 Å². The van der Waals surface area contributed by atoms with Gasteiger partial charge in [0.2, 0.25) is 0 Å². The molecule has 0 heterocycles. The first-order chi connectivity index (χ1) is 11.6. The molecule has 0 radical (unpaired) electrons. The second kappa shape index (κ2) is 9.45. The van der Waals surface area contributed by atoms with Crippen molar-refractivity contribution in [3.05, 3.63) is 35.4 Å². The molecule has 1 saturated carbocycles. The Morgan fingerprint density at radius 2 is 1.88 bits per heavy atom. The second-order valence-electron chi connectivity index (χ2n) is 6.57. The third kappa shape index (κ3) is 5.36. The molecule has 1 aliphatic carbocycles. The number of ether oxygens (including phenoxy) is 1. The number of amides is 1. The van der Waals surface area contributed by atoms with E-state index < -0.39 is 0 Å². The largest absolute Gasteiger partial charge is 0.466 e. The smallest absolute Gasteiger partial charge is 0.307 e. The monoisotopic (exact) mass is 331 g/mol. The van der Waals surface area contributed by atoms with Crippen LogP contribution >= 0.6 is 0 Å². The maximum Gasteiger partial charge on any atom is 0.307 e. The lowest BCUT2D eigenvalue weighted by molar-refractivity contribution is -0.143. The predicted molar refractivity (Wildman–Crippen MR) is 95.0 cm³/mol. The highest BCUT2D eigenvalue weighted by molar-refractivity contribution is 5.94. The van der Waals surface area contributed by atoms with Crippen LogP contribution in [0.15, 0.2) is 24.3 Å². The fourth-order valence-corrected chi connectivity index (χ4v) is 3.41. The van der Waals surface area contributed by atoms with Gasteiger partial charge in [0.05, 0.1) is 13.0 Å². The standard InChI is InChI=1S/C20H29NO3/c1-3-24-19(22)13-14-21(18-11-6-4-5-7-12-18)20(23)17-10-8-9-16(2)15-17/h8-10,15,18H,3-7,11-14H2,1-2H3. The molecule has 0 aromatic heterocycles. The average molecular weight is 331 g/mol. The Morgan fingerprint density at radius 3 is 2.50 bits per heavy atom. The molecule has 24 heavy (non-hydrogen) atoms. The van der Waals surface area contributed by atoms with Gasteiger partial charge < -0.3 is 9.64 Å². The van der Waals surface area contributed by atoms with Crippen molar-refractivity contribution in [3.63, 3.8) is 0 Å². The minimum atomic E-state index is -0.229. The molecule has 0 aliphatic heterocycles. The summed E-state index contributed by atoms with van der Waals surface area (Å²) in [5, 5.41) is 0. The molecule has 2 rings (SSSR count). The van der Waals surface area contributed by atoms with Gasteiger partial charge in [0.1, 0.15) is 0 Å². The molecule has 1 amide bonds. The van der Waals surface area contributed by atoms with Crippen LogP contribution in [-0.2, 0) is 9.53 Å². The van der Waals surface area contributed by atoms with Crippen molar-refractivity contribution in [1.82, 2.24) is 4.90 Å². The molecule has 4 nitrogen and oxygen atoms in total. The van der Waals surface area contributed by atoms with Crippen molar-refractivity contribution in [3.8, 4) is 0 Å². The minimum Gasteiger partial charge on any atom is -0.466 e. The zero-order chi connectivity index (χ0) is 17.4. The number of carbonyl (C=O) groups excluding carboxylic acids is 2. The van der Waals surface area contributed by atoms with Crippen molar-refractivity contribution >= 4 is 11.9 Å². The van der Waals surface area contributed by atoms with Crippen LogP contribution in [0.2, 0.25) is 0 Å². The summed E-state index contributed by atoms with van der Waals surface area (Å²) in [6.45, 7) is 4.62. The third-order valence-electron chi connectivity index (χ3n) is 4.65. The SMILES string of the molecule is CCOC(=O)CCN(C(=O)c1cccc(C)c1)C1CCCCCC1. The van der Waals surface area contributed by atoms with Gasteiger partial charge in [0.25, 0.3) is 5.91 Å². The Morgan fingerprint density at radius 1 is 1.17 bits per heavy atom. The molecule has 0 spiro atoms. The molecular weight excluding hydrogens is 302 g/mol. The zero-order valence-corrected chi connectivity index (χ0v) is 14.9. The molecule has 1 aromatic rings. The van der Waals surface area contributed by atoms with Gasteiger partial charge in [-0.1, -0.05) is 43.4 Å². The highest BCUT2D eigenvalue weighted by atomic mass is 16.5. The Kier molecular flexibility index (Phi) is 7.29. The summed E-state index contributed by atoms with van der Waals surface area (Å²) in [7, 11) is 0. The van der Waals surface area contributed by atoms with Gasteiger partial charge in [-0.15, -0.1) is 0 Å². The number of esters is 1. The van der Waals surface area contributed by atoms with Gasteiger partial charge in [-0.25, -0.2) is 0 Å². The highest BCUT2D eigenvalue weighted by Crippen LogP contribution is 2.24. The Bertz CT molecular complexity index is 548. The van der Waals surface area contributed by atoms with E-state index in [1.807, 2.05) is 36.1 Å². The van der Waals surface area contributed by atoms with Gasteiger partial charge in [0.15, 0.2) is 0 Å². The highest BCUT2D eigenvalue weighted by Gasteiger charge is 2.26. The molecule has 1 aromatic carbocycles. The van der Waals surface area contributed by atoms with Gasteiger partial charge in [0, 0.05) is 18.2 Å². The van der Waals surface area contributed by atoms with E-state index >= 15 is 0 Å². The van der Waals surface area contributed by atoms with E-state index in [9.17, 15) is 9.59 Å². The van der Waals surface area contributed by atoms with Crippen LogP contribution in [0.1, 0.15) is 67.8 Å². The number of carbonyl (C=O) groups is 2. The fraction of sp³-hybridized carbons (Fsp3) is 0.600. The van der Waals surface area contributed by atoms with Crippen LogP contribution in [0, 0.1) is 6.92 Å². The molecule has 4 heteroatoms. The van der Waals surface area contributed by atoms with Gasteiger partial charge in [-0.3, -0.25) is 9.59 Å². The van der Waals surface area contributed by atoms with E-state index in [0.29, 0.717) is 18.7 Å². The van der Waals surface area contributed by atoms with Gasteiger partial charge in [-0.05, 0) is 38.8 Å². The lowest BCUT2D eigenvalue weighted by Gasteiger charge is -2.31. The molecule has 0 unspecified atom stereocenters. The predicted octanol–water partition coefficient (Wildman–Crippen LogP) is 4.11. The molecule has 0 bridgehead atoms. The van der Waals surface area contributed by atoms with Crippen molar-refractivity contribution in [1.29, 1.82) is 0 Å². The normalized spacial score (nSPS) is 15.6. The summed E-state index contributed by atoms with van der Waals surface area (Å²) in [5.41, 5.74) is 1.79. The number of aryl methyl sites for hydroxylation is 1. The number of nitrogens with zero attached hydrogens (tertiary/aromatic N) is 1. The molecule has 0 N–H and O–H groups in total. The van der Waals surface area contributed by atoms with Gasteiger partial charge >= 0.3 is 5.97 Å². The molecule has 1 aliphatic rings. The number of benzene rings is 1. The Labute approximate surface area is 145 Å². The first-order valence-electron chi connectivity index (χ1n) is 9.15. The molecular formula is C20H29NO3. The van der Waals surface area contributed by atoms with E-state index in [1.165, 1.54) is 12.8 Å². The zero-order valence-electron chi connectivity index (χ0n) is 14.9. The fourth-order valence-electron chi connectivity index (χ4n) is 3.41. The van der Waals surface area contributed by atoms with Crippen LogP contribution in [0.25, 0.3) is 0 Å². The first-order valence-corrected chi connectivity index (χ1v) is 9.15. The molecule has 0 saturated heterocycles. The lowest BCUT2D eigenvalue weighted by Crippen LogP contribution is -2.41. The summed E-state index contributed by atoms with van der Waals surface area (Å²) in [5.74, 6) is -0.192. The van der Waals surface area contributed by atoms with Crippen molar-refractivity contribution in [2.45, 2.75) is 64.8 Å². The van der Waals surface area contributed by atoms with Crippen molar-refractivity contribution < 1.29 is 14.3 Å². The van der Waals surface area contributed by atoms with E-state index in [-0.39, 0.29) is 24.3 Å². The maximum absolute atomic E-state index is 13.1. The van der Waals surface area contributed by atoms with Crippen molar-refractivity contribution in [2.24, 2.45) is 0 Å². The third-order valence-corrected chi connectivity index (χ3v) is 4.65. The summed E-state index contributed by atoms with van der Waals surface area (Å²) < 4.78 is 5.03. The molecule has 1 fully saturated rings. The van der Waals surface area contributed by atoms with E-state index in [2.05, 4.69) is 0 Å². The van der Waals surface area contributed by atoms with Crippen LogP contribution in [0.5, 0.6) is 0 Å². The summed E-state index contributed by atoms with van der Waals surface area (Å²) >= 11 is 0. The topological polar surface area (TPSA) is 46.6 Å². The minimum absolute atomic E-state index is 0.0369. The second-order valence-corrected chi connectivity index (χ2v) is 6.57. The average Bonchev–Trinajstić information content (AvgIpc) is 2.84. The number of hydrogen-bond acceptors (Lipinski definition) is 3. The molecule has 132 valence electrons. The summed E-state index contributed by atoms with van der Waals surface area (Å²) in [6.07, 6.45) is 7.10. The van der Waals surface area contributed by atoms with Crippen LogP contribution in [0.3, 0.4) is 0 Å². The number of hydrogen-bond donors (Lipinski definition) is 0. The molecule has 0 atom stereocenters. The Hall–Kier alpha value is -1.84. The van der Waals surface area contributed by atoms with Gasteiger partial charge in [-0.2, -0.15) is 0 Å². The quantitative estimate of drug-likeness (QED) is 0.582. The van der Waals surface area contributed by atoms with E-state index in [0.717, 1.165) is 31.2 Å².